The normalized spacial score (nSPS) is 10.5. The van der Waals surface area contributed by atoms with Gasteiger partial charge in [-0.15, -0.1) is 0 Å². The molecule has 6 heteroatoms. The molecule has 0 aliphatic carbocycles. The van der Waals surface area contributed by atoms with E-state index in [2.05, 4.69) is 27.5 Å². The van der Waals surface area contributed by atoms with Gasteiger partial charge in [0.15, 0.2) is 0 Å². The van der Waals surface area contributed by atoms with Crippen molar-refractivity contribution in [2.45, 2.75) is 26.7 Å². The van der Waals surface area contributed by atoms with Gasteiger partial charge in [-0.1, -0.05) is 48.9 Å². The maximum absolute atomic E-state index is 12.7. The van der Waals surface area contributed by atoms with Gasteiger partial charge in [0.2, 0.25) is 5.95 Å². The van der Waals surface area contributed by atoms with Crippen molar-refractivity contribution in [3.8, 4) is 0 Å². The highest BCUT2D eigenvalue weighted by atomic mass is 35.5. The number of rotatable bonds is 7. The Bertz CT molecular complexity index is 957. The minimum absolute atomic E-state index is 0.243. The average Bonchev–Trinajstić information content (AvgIpc) is 2.69. The van der Waals surface area contributed by atoms with Gasteiger partial charge in [0.05, 0.1) is 0 Å². The van der Waals surface area contributed by atoms with Crippen molar-refractivity contribution >= 4 is 29.1 Å². The number of carbonyl (C=O) groups is 1. The molecule has 3 aromatic rings. The number of anilines is 2. The van der Waals surface area contributed by atoms with Crippen molar-refractivity contribution in [1.82, 2.24) is 9.97 Å². The molecule has 0 aliphatic rings. The fourth-order valence-electron chi connectivity index (χ4n) is 2.87. The van der Waals surface area contributed by atoms with Gasteiger partial charge in [-0.2, -0.15) is 0 Å². The molecule has 0 fully saturated rings. The highest BCUT2D eigenvalue weighted by molar-refractivity contribution is 6.30. The lowest BCUT2D eigenvalue weighted by molar-refractivity contribution is 0.102. The molecule has 0 radical (unpaired) electrons. The number of para-hydroxylation sites is 1. The van der Waals surface area contributed by atoms with E-state index in [1.807, 2.05) is 55.5 Å². The minimum Gasteiger partial charge on any atom is -0.354 e. The van der Waals surface area contributed by atoms with Gasteiger partial charge in [-0.05, 0) is 55.2 Å². The summed E-state index contributed by atoms with van der Waals surface area (Å²) < 4.78 is 0. The smallest absolute Gasteiger partial charge is 0.274 e. The molecule has 1 amide bonds. The summed E-state index contributed by atoms with van der Waals surface area (Å²) in [6.07, 6.45) is 1.65. The molecule has 0 spiro atoms. The van der Waals surface area contributed by atoms with E-state index < -0.39 is 0 Å². The molecule has 0 saturated heterocycles. The standard InChI is InChI=1S/C22H23ClN4O/c1-3-17-6-4-5-7-19(17)26-21(28)20-14-15(2)25-22(27-20)24-13-12-16-8-10-18(23)11-9-16/h4-11,14H,3,12-13H2,1-2H3,(H,26,28)(H,24,25,27). The molecule has 0 aliphatic heterocycles. The predicted molar refractivity (Wildman–Crippen MR) is 114 cm³/mol. The van der Waals surface area contributed by atoms with Crippen LogP contribution in [0.1, 0.15) is 34.2 Å². The predicted octanol–water partition coefficient (Wildman–Crippen LogP) is 4.91. The number of nitrogens with one attached hydrogen (secondary N) is 2. The zero-order chi connectivity index (χ0) is 19.9. The SMILES string of the molecule is CCc1ccccc1NC(=O)c1cc(C)nc(NCCc2ccc(Cl)cc2)n1. The maximum Gasteiger partial charge on any atom is 0.274 e. The fraction of sp³-hybridized carbons (Fsp3) is 0.227. The Balaban J connectivity index is 1.66. The first-order chi connectivity index (χ1) is 13.5. The molecular formula is C22H23ClN4O. The van der Waals surface area contributed by atoms with Crippen molar-refractivity contribution in [3.05, 3.63) is 82.1 Å². The second kappa shape index (κ2) is 9.33. The van der Waals surface area contributed by atoms with Crippen LogP contribution in [-0.4, -0.2) is 22.4 Å². The number of halogens is 1. The maximum atomic E-state index is 12.7. The molecule has 0 bridgehead atoms. The zero-order valence-electron chi connectivity index (χ0n) is 16.0. The van der Waals surface area contributed by atoms with Gasteiger partial charge in [0.25, 0.3) is 5.91 Å². The quantitative estimate of drug-likeness (QED) is 0.597. The number of hydrogen-bond acceptors (Lipinski definition) is 4. The highest BCUT2D eigenvalue weighted by Gasteiger charge is 2.12. The van der Waals surface area contributed by atoms with Gasteiger partial charge < -0.3 is 10.6 Å². The molecular weight excluding hydrogens is 372 g/mol. The van der Waals surface area contributed by atoms with E-state index in [1.165, 1.54) is 5.56 Å². The monoisotopic (exact) mass is 394 g/mol. The summed E-state index contributed by atoms with van der Waals surface area (Å²) >= 11 is 5.91. The topological polar surface area (TPSA) is 66.9 Å². The van der Waals surface area contributed by atoms with Gasteiger partial charge in [0.1, 0.15) is 5.69 Å². The molecule has 3 rings (SSSR count). The number of amides is 1. The van der Waals surface area contributed by atoms with Crippen LogP contribution in [0.15, 0.2) is 54.6 Å². The van der Waals surface area contributed by atoms with Crippen LogP contribution in [0.4, 0.5) is 11.6 Å². The molecule has 0 unspecified atom stereocenters. The first kappa shape index (κ1) is 19.8. The molecule has 0 saturated carbocycles. The third-order valence-electron chi connectivity index (χ3n) is 4.34. The number of carbonyl (C=O) groups excluding carboxylic acids is 1. The summed E-state index contributed by atoms with van der Waals surface area (Å²) in [5, 5.41) is 6.87. The van der Waals surface area contributed by atoms with Crippen LogP contribution < -0.4 is 10.6 Å². The summed E-state index contributed by atoms with van der Waals surface area (Å²) in [4.78, 5) is 21.4. The van der Waals surface area contributed by atoms with E-state index in [4.69, 9.17) is 11.6 Å². The first-order valence-electron chi connectivity index (χ1n) is 9.28. The van der Waals surface area contributed by atoms with Crippen LogP contribution >= 0.6 is 11.6 Å². The lowest BCUT2D eigenvalue weighted by Gasteiger charge is -2.11. The number of aryl methyl sites for hydroxylation is 2. The van der Waals surface area contributed by atoms with E-state index in [1.54, 1.807) is 6.07 Å². The second-order valence-corrected chi connectivity index (χ2v) is 6.92. The van der Waals surface area contributed by atoms with Crippen LogP contribution in [0.2, 0.25) is 5.02 Å². The van der Waals surface area contributed by atoms with Crippen molar-refractivity contribution in [2.24, 2.45) is 0 Å². The van der Waals surface area contributed by atoms with E-state index in [9.17, 15) is 4.79 Å². The second-order valence-electron chi connectivity index (χ2n) is 6.49. The number of benzene rings is 2. The van der Waals surface area contributed by atoms with Crippen LogP contribution in [-0.2, 0) is 12.8 Å². The van der Waals surface area contributed by atoms with Crippen LogP contribution in [0.3, 0.4) is 0 Å². The molecule has 144 valence electrons. The Kier molecular flexibility index (Phi) is 6.61. The molecule has 5 nitrogen and oxygen atoms in total. The van der Waals surface area contributed by atoms with Crippen molar-refractivity contribution in [1.29, 1.82) is 0 Å². The van der Waals surface area contributed by atoms with E-state index in [-0.39, 0.29) is 5.91 Å². The molecule has 1 aromatic heterocycles. The molecule has 2 N–H and O–H groups in total. The van der Waals surface area contributed by atoms with Crippen LogP contribution in [0, 0.1) is 6.92 Å². The van der Waals surface area contributed by atoms with E-state index >= 15 is 0 Å². The molecule has 0 atom stereocenters. The van der Waals surface area contributed by atoms with Crippen LogP contribution in [0.25, 0.3) is 0 Å². The average molecular weight is 395 g/mol. The number of aromatic nitrogens is 2. The largest absolute Gasteiger partial charge is 0.354 e. The summed E-state index contributed by atoms with van der Waals surface area (Å²) in [7, 11) is 0. The Morgan fingerprint density at radius 2 is 1.82 bits per heavy atom. The summed E-state index contributed by atoms with van der Waals surface area (Å²) in [5.41, 5.74) is 4.13. The number of nitrogens with zero attached hydrogens (tertiary/aromatic N) is 2. The fourth-order valence-corrected chi connectivity index (χ4v) is 3.00. The number of hydrogen-bond donors (Lipinski definition) is 2. The summed E-state index contributed by atoms with van der Waals surface area (Å²) in [5.74, 6) is 0.204. The lowest BCUT2D eigenvalue weighted by Crippen LogP contribution is -2.17. The molecule has 28 heavy (non-hydrogen) atoms. The Hall–Kier alpha value is -2.92. The van der Waals surface area contributed by atoms with Gasteiger partial charge in [-0.25, -0.2) is 9.97 Å². The van der Waals surface area contributed by atoms with Crippen molar-refractivity contribution < 1.29 is 4.79 Å². The van der Waals surface area contributed by atoms with Gasteiger partial charge >= 0.3 is 0 Å². The van der Waals surface area contributed by atoms with Crippen molar-refractivity contribution in [2.75, 3.05) is 17.2 Å². The minimum atomic E-state index is -0.243. The third kappa shape index (κ3) is 5.30. The molecule has 1 heterocycles. The van der Waals surface area contributed by atoms with Gasteiger partial charge in [0, 0.05) is 22.9 Å². The third-order valence-corrected chi connectivity index (χ3v) is 4.60. The Labute approximate surface area is 170 Å². The van der Waals surface area contributed by atoms with E-state index in [0.717, 1.165) is 34.8 Å². The Morgan fingerprint density at radius 1 is 1.07 bits per heavy atom. The van der Waals surface area contributed by atoms with Crippen molar-refractivity contribution in [3.63, 3.8) is 0 Å². The molecule has 2 aromatic carbocycles. The van der Waals surface area contributed by atoms with Crippen LogP contribution in [0.5, 0.6) is 0 Å². The lowest BCUT2D eigenvalue weighted by atomic mass is 10.1. The first-order valence-corrected chi connectivity index (χ1v) is 9.66. The summed E-state index contributed by atoms with van der Waals surface area (Å²) in [6.45, 7) is 4.57. The van der Waals surface area contributed by atoms with E-state index in [0.29, 0.717) is 18.2 Å². The van der Waals surface area contributed by atoms with Gasteiger partial charge in [-0.3, -0.25) is 4.79 Å². The Morgan fingerprint density at radius 3 is 2.57 bits per heavy atom. The highest BCUT2D eigenvalue weighted by Crippen LogP contribution is 2.17. The zero-order valence-corrected chi connectivity index (χ0v) is 16.8. The summed E-state index contributed by atoms with van der Waals surface area (Å²) in [6, 6.07) is 17.2.